The molecule has 7 heteroatoms. The summed E-state index contributed by atoms with van der Waals surface area (Å²) in [4.78, 5) is 12.6. The van der Waals surface area contributed by atoms with Gasteiger partial charge in [0.05, 0.1) is 4.90 Å². The summed E-state index contributed by atoms with van der Waals surface area (Å²) in [6, 6.07) is 10.5. The van der Waals surface area contributed by atoms with E-state index in [9.17, 15) is 17.6 Å². The van der Waals surface area contributed by atoms with E-state index in [0.29, 0.717) is 24.2 Å². The van der Waals surface area contributed by atoms with Crippen molar-refractivity contribution >= 4 is 15.9 Å². The molecule has 0 spiro atoms. The Morgan fingerprint density at radius 1 is 1.12 bits per heavy atom. The first-order valence-corrected chi connectivity index (χ1v) is 9.87. The van der Waals surface area contributed by atoms with Gasteiger partial charge in [-0.15, -0.1) is 0 Å². The van der Waals surface area contributed by atoms with Gasteiger partial charge < -0.3 is 5.32 Å². The summed E-state index contributed by atoms with van der Waals surface area (Å²) in [7, 11) is -3.64. The molecule has 0 radical (unpaired) electrons. The molecule has 0 bridgehead atoms. The number of rotatable bonds is 7. The Kier molecular flexibility index (Phi) is 6.50. The van der Waals surface area contributed by atoms with E-state index in [1.807, 2.05) is 0 Å². The Morgan fingerprint density at radius 2 is 1.81 bits per heavy atom. The molecule has 26 heavy (non-hydrogen) atoms. The van der Waals surface area contributed by atoms with E-state index < -0.39 is 15.9 Å². The van der Waals surface area contributed by atoms with Crippen molar-refractivity contribution in [2.75, 3.05) is 13.1 Å². The minimum Gasteiger partial charge on any atom is -0.348 e. The number of amides is 1. The lowest BCUT2D eigenvalue weighted by atomic mass is 10.1. The van der Waals surface area contributed by atoms with Gasteiger partial charge in [0, 0.05) is 25.2 Å². The van der Waals surface area contributed by atoms with Crippen LogP contribution in [0.15, 0.2) is 47.4 Å². The molecule has 0 aliphatic rings. The fraction of sp³-hybridized carbons (Fsp3) is 0.316. The van der Waals surface area contributed by atoms with Gasteiger partial charge >= 0.3 is 0 Å². The van der Waals surface area contributed by atoms with Crippen molar-refractivity contribution in [1.29, 1.82) is 0 Å². The molecule has 140 valence electrons. The summed E-state index contributed by atoms with van der Waals surface area (Å²) in [6.45, 7) is 6.14. The van der Waals surface area contributed by atoms with Crippen molar-refractivity contribution in [2.24, 2.45) is 0 Å². The highest BCUT2D eigenvalue weighted by Gasteiger charge is 2.23. The number of benzene rings is 2. The summed E-state index contributed by atoms with van der Waals surface area (Å²) < 4.78 is 39.9. The van der Waals surface area contributed by atoms with Crippen molar-refractivity contribution in [2.45, 2.75) is 32.2 Å². The molecule has 0 atom stereocenters. The zero-order valence-corrected chi connectivity index (χ0v) is 15.9. The molecule has 5 nitrogen and oxygen atoms in total. The Hall–Kier alpha value is -2.25. The van der Waals surface area contributed by atoms with Gasteiger partial charge in [-0.2, -0.15) is 4.31 Å². The van der Waals surface area contributed by atoms with E-state index in [1.165, 1.54) is 28.6 Å². The van der Waals surface area contributed by atoms with Crippen molar-refractivity contribution < 1.29 is 17.6 Å². The molecular weight excluding hydrogens is 355 g/mol. The van der Waals surface area contributed by atoms with Gasteiger partial charge in [0.25, 0.3) is 5.91 Å². The SMILES string of the molecule is CCN(CC)S(=O)(=O)c1ccc(C)c(C(=O)NCc2cccc(F)c2)c1. The van der Waals surface area contributed by atoms with Gasteiger partial charge in [0.15, 0.2) is 0 Å². The first-order valence-electron chi connectivity index (χ1n) is 8.43. The molecule has 0 saturated heterocycles. The van der Waals surface area contributed by atoms with E-state index in [0.717, 1.165) is 0 Å². The Balaban J connectivity index is 2.25. The number of carbonyl (C=O) groups excluding carboxylic acids is 1. The maximum atomic E-state index is 13.2. The summed E-state index contributed by atoms with van der Waals surface area (Å²) in [5, 5.41) is 2.71. The van der Waals surface area contributed by atoms with Crippen LogP contribution in [0.1, 0.15) is 35.3 Å². The second-order valence-electron chi connectivity index (χ2n) is 5.88. The summed E-state index contributed by atoms with van der Waals surface area (Å²) in [6.07, 6.45) is 0. The van der Waals surface area contributed by atoms with Crippen LogP contribution in [0.4, 0.5) is 4.39 Å². The molecule has 0 fully saturated rings. The maximum absolute atomic E-state index is 13.2. The predicted octanol–water partition coefficient (Wildman–Crippen LogP) is 3.09. The summed E-state index contributed by atoms with van der Waals surface area (Å²) in [5.74, 6) is -0.774. The molecule has 1 amide bonds. The molecule has 0 aliphatic heterocycles. The normalized spacial score (nSPS) is 11.6. The standard InChI is InChI=1S/C19H23FN2O3S/c1-4-22(5-2)26(24,25)17-10-9-14(3)18(12-17)19(23)21-13-15-7-6-8-16(20)11-15/h6-12H,4-5,13H2,1-3H3,(H,21,23). The van der Waals surface area contributed by atoms with Gasteiger partial charge in [-0.05, 0) is 42.3 Å². The fourth-order valence-electron chi connectivity index (χ4n) is 2.64. The molecule has 2 aromatic carbocycles. The third kappa shape index (κ3) is 4.47. The van der Waals surface area contributed by atoms with Crippen molar-refractivity contribution in [1.82, 2.24) is 9.62 Å². The third-order valence-electron chi connectivity index (χ3n) is 4.14. The highest BCUT2D eigenvalue weighted by Crippen LogP contribution is 2.19. The number of hydrogen-bond acceptors (Lipinski definition) is 3. The third-order valence-corrected chi connectivity index (χ3v) is 6.18. The predicted molar refractivity (Wildman–Crippen MR) is 98.9 cm³/mol. The highest BCUT2D eigenvalue weighted by atomic mass is 32.2. The van der Waals surface area contributed by atoms with Gasteiger partial charge in [-0.25, -0.2) is 12.8 Å². The zero-order chi connectivity index (χ0) is 19.3. The molecule has 0 saturated carbocycles. The number of carbonyl (C=O) groups is 1. The summed E-state index contributed by atoms with van der Waals surface area (Å²) >= 11 is 0. The lowest BCUT2D eigenvalue weighted by molar-refractivity contribution is 0.0950. The first-order chi connectivity index (χ1) is 12.3. The van der Waals surface area contributed by atoms with E-state index in [1.54, 1.807) is 39.0 Å². The van der Waals surface area contributed by atoms with Gasteiger partial charge in [-0.1, -0.05) is 32.0 Å². The van der Waals surface area contributed by atoms with E-state index in [4.69, 9.17) is 0 Å². The molecule has 0 aromatic heterocycles. The number of nitrogens with zero attached hydrogens (tertiary/aromatic N) is 1. The van der Waals surface area contributed by atoms with E-state index >= 15 is 0 Å². The van der Waals surface area contributed by atoms with Gasteiger partial charge in [0.2, 0.25) is 10.0 Å². The second kappa shape index (κ2) is 8.42. The lowest BCUT2D eigenvalue weighted by Crippen LogP contribution is -2.31. The lowest BCUT2D eigenvalue weighted by Gasteiger charge is -2.19. The Labute approximate surface area is 153 Å². The van der Waals surface area contributed by atoms with Crippen LogP contribution in [0, 0.1) is 12.7 Å². The number of halogens is 1. The average Bonchev–Trinajstić information content (AvgIpc) is 2.60. The summed E-state index contributed by atoms with van der Waals surface area (Å²) in [5.41, 5.74) is 1.58. The maximum Gasteiger partial charge on any atom is 0.251 e. The highest BCUT2D eigenvalue weighted by molar-refractivity contribution is 7.89. The minimum atomic E-state index is -3.64. The largest absolute Gasteiger partial charge is 0.348 e. The number of aryl methyl sites for hydroxylation is 1. The Morgan fingerprint density at radius 3 is 2.42 bits per heavy atom. The van der Waals surface area contributed by atoms with Crippen molar-refractivity contribution in [3.8, 4) is 0 Å². The topological polar surface area (TPSA) is 66.5 Å². The van der Waals surface area contributed by atoms with Crippen LogP contribution in [0.2, 0.25) is 0 Å². The number of nitrogens with one attached hydrogen (secondary N) is 1. The second-order valence-corrected chi connectivity index (χ2v) is 7.82. The molecule has 0 heterocycles. The number of sulfonamides is 1. The van der Waals surface area contributed by atoms with E-state index in [2.05, 4.69) is 5.32 Å². The molecule has 2 rings (SSSR count). The van der Waals surface area contributed by atoms with Crippen LogP contribution in [0.25, 0.3) is 0 Å². The molecule has 1 N–H and O–H groups in total. The van der Waals surface area contributed by atoms with Crippen LogP contribution in [-0.4, -0.2) is 31.7 Å². The minimum absolute atomic E-state index is 0.0858. The first kappa shape index (κ1) is 20.1. The van der Waals surface area contributed by atoms with Crippen LogP contribution in [0.3, 0.4) is 0 Å². The zero-order valence-electron chi connectivity index (χ0n) is 15.1. The molecular formula is C19H23FN2O3S. The smallest absolute Gasteiger partial charge is 0.251 e. The molecule has 0 unspecified atom stereocenters. The Bertz CT molecular complexity index is 893. The van der Waals surface area contributed by atoms with Gasteiger partial charge in [-0.3, -0.25) is 4.79 Å². The van der Waals surface area contributed by atoms with Crippen LogP contribution < -0.4 is 5.32 Å². The quantitative estimate of drug-likeness (QED) is 0.805. The van der Waals surface area contributed by atoms with Crippen molar-refractivity contribution in [3.63, 3.8) is 0 Å². The fourth-order valence-corrected chi connectivity index (χ4v) is 4.13. The van der Waals surface area contributed by atoms with Crippen LogP contribution in [-0.2, 0) is 16.6 Å². The monoisotopic (exact) mass is 378 g/mol. The van der Waals surface area contributed by atoms with Crippen molar-refractivity contribution in [3.05, 3.63) is 65.0 Å². The average molecular weight is 378 g/mol. The molecule has 0 aliphatic carbocycles. The van der Waals surface area contributed by atoms with E-state index in [-0.39, 0.29) is 22.8 Å². The van der Waals surface area contributed by atoms with Gasteiger partial charge in [0.1, 0.15) is 5.82 Å². The number of hydrogen-bond donors (Lipinski definition) is 1. The van der Waals surface area contributed by atoms with Crippen LogP contribution in [0.5, 0.6) is 0 Å². The van der Waals surface area contributed by atoms with Crippen LogP contribution >= 0.6 is 0 Å². The molecule has 2 aromatic rings.